The summed E-state index contributed by atoms with van der Waals surface area (Å²) in [5.41, 5.74) is 1.00. The molecule has 3 aromatic rings. The van der Waals surface area contributed by atoms with E-state index in [0.29, 0.717) is 24.5 Å². The van der Waals surface area contributed by atoms with E-state index in [2.05, 4.69) is 0 Å². The zero-order valence-corrected chi connectivity index (χ0v) is 17.0. The monoisotopic (exact) mass is 404 g/mol. The molecule has 2 heterocycles. The van der Waals surface area contributed by atoms with E-state index >= 15 is 0 Å². The number of rotatable bonds is 7. The van der Waals surface area contributed by atoms with E-state index in [9.17, 15) is 4.79 Å². The Bertz CT molecular complexity index is 955. The van der Waals surface area contributed by atoms with Crippen molar-refractivity contribution in [3.63, 3.8) is 0 Å². The third-order valence-corrected chi connectivity index (χ3v) is 4.44. The highest BCUT2D eigenvalue weighted by Crippen LogP contribution is 2.40. The molecule has 0 atom stereocenters. The lowest BCUT2D eigenvalue weighted by Crippen LogP contribution is -2.11. The van der Waals surface area contributed by atoms with Gasteiger partial charge in [-0.1, -0.05) is 32.0 Å². The van der Waals surface area contributed by atoms with Crippen molar-refractivity contribution in [1.82, 2.24) is 0 Å². The first-order chi connectivity index (χ1) is 13.5. The predicted octanol–water partition coefficient (Wildman–Crippen LogP) is 5.19. The summed E-state index contributed by atoms with van der Waals surface area (Å²) in [6, 6.07) is 9.73. The molecule has 7 heteroatoms. The molecule has 0 amide bonds. The first-order valence-electron chi connectivity index (χ1n) is 9.08. The van der Waals surface area contributed by atoms with Crippen LogP contribution in [-0.2, 0) is 4.79 Å². The fraction of sp³-hybridized carbons (Fsp3) is 0.333. The van der Waals surface area contributed by atoms with E-state index in [1.54, 1.807) is 17.4 Å². The van der Waals surface area contributed by atoms with Gasteiger partial charge in [0.05, 0.1) is 18.6 Å². The fourth-order valence-corrected chi connectivity index (χ4v) is 3.27. The number of carbonyl (C=O) groups is 1. The zero-order valence-electron chi connectivity index (χ0n) is 16.2. The Morgan fingerprint density at radius 2 is 1.71 bits per heavy atom. The molecule has 0 unspecified atom stereocenters. The van der Waals surface area contributed by atoms with E-state index in [1.807, 2.05) is 43.5 Å². The lowest BCUT2D eigenvalue weighted by Gasteiger charge is -2.15. The Labute approximate surface area is 167 Å². The summed E-state index contributed by atoms with van der Waals surface area (Å²) in [6.45, 7) is 6.06. The Kier molecular flexibility index (Phi) is 8.07. The second-order valence-electron chi connectivity index (χ2n) is 5.92. The molecule has 0 saturated heterocycles. The molecule has 0 radical (unpaired) electrons. The van der Waals surface area contributed by atoms with Crippen LogP contribution < -0.4 is 15.1 Å². The number of carboxylic acids is 1. The summed E-state index contributed by atoms with van der Waals surface area (Å²) in [7, 11) is 0. The molecule has 3 rings (SSSR count). The number of carboxylic acid groups (broad SMARTS) is 1. The predicted molar refractivity (Wildman–Crippen MR) is 111 cm³/mol. The molecule has 28 heavy (non-hydrogen) atoms. The molecule has 0 spiro atoms. The molecule has 2 aromatic heterocycles. The fourth-order valence-electron chi connectivity index (χ4n) is 2.51. The molecule has 1 N–H and O–H groups in total. The minimum Gasteiger partial charge on any atom is -0.489 e. The smallest absolute Gasteiger partial charge is 0.383 e. The number of ether oxygens (including phenoxy) is 2. The largest absolute Gasteiger partial charge is 0.489 e. The Morgan fingerprint density at radius 3 is 2.29 bits per heavy atom. The van der Waals surface area contributed by atoms with Crippen LogP contribution in [-0.4, -0.2) is 24.3 Å². The zero-order chi connectivity index (χ0) is 20.5. The first kappa shape index (κ1) is 21.5. The van der Waals surface area contributed by atoms with Crippen molar-refractivity contribution >= 4 is 28.3 Å². The van der Waals surface area contributed by atoms with Crippen LogP contribution in [0.25, 0.3) is 21.4 Å². The molecule has 1 aromatic carbocycles. The van der Waals surface area contributed by atoms with Gasteiger partial charge in [-0.25, -0.2) is 4.79 Å². The first-order valence-corrected chi connectivity index (χ1v) is 9.96. The van der Waals surface area contributed by atoms with Gasteiger partial charge in [-0.2, -0.15) is 0 Å². The summed E-state index contributed by atoms with van der Waals surface area (Å²) in [6.07, 6.45) is 1.65. The summed E-state index contributed by atoms with van der Waals surface area (Å²) < 4.78 is 17.1. The molecule has 0 bridgehead atoms. The van der Waals surface area contributed by atoms with Gasteiger partial charge in [0.1, 0.15) is 5.58 Å². The van der Waals surface area contributed by atoms with Crippen LogP contribution >= 0.6 is 11.3 Å². The Hall–Kier alpha value is -2.80. The van der Waals surface area contributed by atoms with Crippen molar-refractivity contribution in [2.24, 2.45) is 0 Å². The average Bonchev–Trinajstić information content (AvgIpc) is 3.18. The molecule has 6 nitrogen and oxygen atoms in total. The number of hydrogen-bond donors (Lipinski definition) is 1. The third-order valence-electron chi connectivity index (χ3n) is 3.54. The number of aliphatic carboxylic acids is 1. The summed E-state index contributed by atoms with van der Waals surface area (Å²) >= 11 is 1.64. The van der Waals surface area contributed by atoms with Crippen LogP contribution in [0.2, 0.25) is 0 Å². The van der Waals surface area contributed by atoms with Crippen molar-refractivity contribution in [2.45, 2.75) is 33.6 Å². The van der Waals surface area contributed by atoms with Crippen LogP contribution in [0.15, 0.2) is 44.9 Å². The van der Waals surface area contributed by atoms with Gasteiger partial charge in [0.25, 0.3) is 5.97 Å². The molecule has 0 aliphatic heterocycles. The minimum absolute atomic E-state index is 0.168. The quantitative estimate of drug-likeness (QED) is 0.545. The highest BCUT2D eigenvalue weighted by Gasteiger charge is 2.21. The second kappa shape index (κ2) is 10.5. The van der Waals surface area contributed by atoms with Crippen molar-refractivity contribution in [2.75, 3.05) is 13.2 Å². The van der Waals surface area contributed by atoms with Gasteiger partial charge in [-0.05, 0) is 30.4 Å². The molecule has 0 aliphatic carbocycles. The van der Waals surface area contributed by atoms with Gasteiger partial charge in [0, 0.05) is 17.4 Å². The summed E-state index contributed by atoms with van der Waals surface area (Å²) in [5, 5.41) is 10.2. The molecule has 150 valence electrons. The number of fused-ring (bicyclic) bond motifs is 1. The van der Waals surface area contributed by atoms with Crippen LogP contribution in [0.4, 0.5) is 0 Å². The molecular weight excluding hydrogens is 380 g/mol. The average molecular weight is 404 g/mol. The molecule has 0 fully saturated rings. The standard InChI is InChI=1S/C19H20O4S.C2H4O2/c1-3-10-21-17-16-13(15-9-6-12-24-15)7-5-8-14(16)23-19(20)18(17)22-11-4-2;1-2(3)4/h5-9,12H,3-4,10-11H2,1-2H3;1H3,(H,3,4). The summed E-state index contributed by atoms with van der Waals surface area (Å²) in [4.78, 5) is 22.4. The van der Waals surface area contributed by atoms with Gasteiger partial charge in [0.15, 0.2) is 5.75 Å². The molecule has 0 saturated carbocycles. The topological polar surface area (TPSA) is 86.0 Å². The minimum atomic E-state index is -0.833. The van der Waals surface area contributed by atoms with Gasteiger partial charge >= 0.3 is 5.63 Å². The van der Waals surface area contributed by atoms with Crippen LogP contribution in [0.5, 0.6) is 11.5 Å². The summed E-state index contributed by atoms with van der Waals surface area (Å²) in [5.74, 6) is -0.178. The second-order valence-corrected chi connectivity index (χ2v) is 6.87. The van der Waals surface area contributed by atoms with Crippen molar-refractivity contribution < 1.29 is 23.8 Å². The SMILES string of the molecule is CC(=O)O.CCCOc1c(OCCC)c2c(-c3cccs3)cccc2oc1=O. The van der Waals surface area contributed by atoms with E-state index in [1.165, 1.54) is 0 Å². The maximum Gasteiger partial charge on any atom is 0.383 e. The van der Waals surface area contributed by atoms with E-state index < -0.39 is 11.6 Å². The third kappa shape index (κ3) is 5.36. The van der Waals surface area contributed by atoms with Gasteiger partial charge < -0.3 is 19.0 Å². The maximum atomic E-state index is 12.4. The van der Waals surface area contributed by atoms with E-state index in [-0.39, 0.29) is 5.75 Å². The van der Waals surface area contributed by atoms with Gasteiger partial charge in [-0.15, -0.1) is 11.3 Å². The van der Waals surface area contributed by atoms with Crippen LogP contribution in [0, 0.1) is 0 Å². The highest BCUT2D eigenvalue weighted by molar-refractivity contribution is 7.13. The number of thiophene rings is 1. The van der Waals surface area contributed by atoms with Crippen molar-refractivity contribution in [1.29, 1.82) is 0 Å². The van der Waals surface area contributed by atoms with Crippen molar-refractivity contribution in [3.8, 4) is 21.9 Å². The van der Waals surface area contributed by atoms with Gasteiger partial charge in [0.2, 0.25) is 5.75 Å². The van der Waals surface area contributed by atoms with Gasteiger partial charge in [-0.3, -0.25) is 4.79 Å². The Balaban J connectivity index is 0.000000640. The van der Waals surface area contributed by atoms with Crippen molar-refractivity contribution in [3.05, 3.63) is 46.1 Å². The van der Waals surface area contributed by atoms with E-state index in [0.717, 1.165) is 35.6 Å². The Morgan fingerprint density at radius 1 is 1.07 bits per heavy atom. The highest BCUT2D eigenvalue weighted by atomic mass is 32.1. The van der Waals surface area contributed by atoms with E-state index in [4.69, 9.17) is 23.8 Å². The van der Waals surface area contributed by atoms with Crippen LogP contribution in [0.3, 0.4) is 0 Å². The lowest BCUT2D eigenvalue weighted by molar-refractivity contribution is -0.134. The molecule has 0 aliphatic rings. The number of hydrogen-bond acceptors (Lipinski definition) is 6. The molecular formula is C21H24O6S. The lowest BCUT2D eigenvalue weighted by atomic mass is 10.1. The van der Waals surface area contributed by atoms with Crippen LogP contribution in [0.1, 0.15) is 33.6 Å². The number of benzene rings is 1. The maximum absolute atomic E-state index is 12.4. The normalized spacial score (nSPS) is 10.2.